The third-order valence-electron chi connectivity index (χ3n) is 1.23. The minimum atomic E-state index is 0.471. The van der Waals surface area contributed by atoms with Gasteiger partial charge < -0.3 is 5.73 Å². The van der Waals surface area contributed by atoms with Crippen molar-refractivity contribution in [2.45, 2.75) is 20.3 Å². The average molecular weight is 170 g/mol. The number of nitrogens with zero attached hydrogens (tertiary/aromatic N) is 1. The van der Waals surface area contributed by atoms with Crippen LogP contribution in [-0.4, -0.2) is 12.8 Å². The van der Waals surface area contributed by atoms with E-state index in [2.05, 4.69) is 24.3 Å². The first kappa shape index (κ1) is 11.1. The van der Waals surface area contributed by atoms with Gasteiger partial charge in [0.1, 0.15) is 0 Å². The largest absolute Gasteiger partial charge is 0.400 e. The Bertz CT molecular complexity index is 160. The molecule has 4 heteroatoms. The van der Waals surface area contributed by atoms with Gasteiger partial charge in [0.15, 0.2) is 0 Å². The second-order valence-corrected chi connectivity index (χ2v) is 3.05. The van der Waals surface area contributed by atoms with Gasteiger partial charge in [-0.05, 0) is 12.3 Å². The number of hydrogen-bond donors (Lipinski definition) is 3. The van der Waals surface area contributed by atoms with E-state index in [0.29, 0.717) is 18.2 Å². The van der Waals surface area contributed by atoms with Crippen molar-refractivity contribution in [1.29, 1.82) is 0 Å². The quantitative estimate of drug-likeness (QED) is 0.317. The monoisotopic (exact) mass is 170 g/mol. The van der Waals surface area contributed by atoms with E-state index in [1.807, 2.05) is 6.21 Å². The molecule has 0 aromatic heterocycles. The molecule has 0 aromatic rings. The van der Waals surface area contributed by atoms with E-state index in [1.165, 1.54) is 0 Å². The zero-order valence-corrected chi connectivity index (χ0v) is 7.75. The Morgan fingerprint density at radius 1 is 1.58 bits per heavy atom. The predicted molar refractivity (Wildman–Crippen MR) is 52.4 cm³/mol. The fourth-order valence-corrected chi connectivity index (χ4v) is 0.584. The molecule has 0 amide bonds. The summed E-state index contributed by atoms with van der Waals surface area (Å²) in [7, 11) is 0. The van der Waals surface area contributed by atoms with Crippen LogP contribution in [0.4, 0.5) is 0 Å². The fourth-order valence-electron chi connectivity index (χ4n) is 0.584. The first-order chi connectivity index (χ1) is 5.66. The van der Waals surface area contributed by atoms with Crippen molar-refractivity contribution in [3.05, 3.63) is 11.9 Å². The van der Waals surface area contributed by atoms with Crippen molar-refractivity contribution in [3.8, 4) is 0 Å². The lowest BCUT2D eigenvalue weighted by Crippen LogP contribution is -2.26. The molecule has 0 rings (SSSR count). The number of aliphatic imine (C=N–C) groups is 1. The number of hydrazine groups is 1. The molecule has 0 unspecified atom stereocenters. The summed E-state index contributed by atoms with van der Waals surface area (Å²) in [4.78, 5) is 4.02. The predicted octanol–water partition coefficient (Wildman–Crippen LogP) is 0.367. The molecule has 0 aliphatic rings. The minimum Gasteiger partial charge on any atom is -0.400 e. The van der Waals surface area contributed by atoms with E-state index < -0.39 is 0 Å². The number of rotatable bonds is 5. The van der Waals surface area contributed by atoms with Crippen LogP contribution in [0.1, 0.15) is 20.3 Å². The highest BCUT2D eigenvalue weighted by Gasteiger charge is 1.87. The van der Waals surface area contributed by atoms with Gasteiger partial charge in [-0.3, -0.25) is 16.3 Å². The number of hydrogen-bond acceptors (Lipinski definition) is 4. The molecule has 0 aliphatic heterocycles. The SMILES string of the molecule is CC(C)C/C=N\C=C(/N)CNN. The average Bonchev–Trinajstić information content (AvgIpc) is 1.98. The summed E-state index contributed by atoms with van der Waals surface area (Å²) in [5.41, 5.74) is 8.59. The van der Waals surface area contributed by atoms with Crippen LogP contribution in [-0.2, 0) is 0 Å². The highest BCUT2D eigenvalue weighted by Crippen LogP contribution is 1.95. The molecule has 0 radical (unpaired) electrons. The second kappa shape index (κ2) is 6.82. The zero-order chi connectivity index (χ0) is 9.40. The fraction of sp³-hybridized carbons (Fsp3) is 0.625. The van der Waals surface area contributed by atoms with Crippen molar-refractivity contribution in [2.24, 2.45) is 22.5 Å². The molecule has 5 N–H and O–H groups in total. The van der Waals surface area contributed by atoms with Crippen LogP contribution in [0, 0.1) is 5.92 Å². The summed E-state index contributed by atoms with van der Waals surface area (Å²) in [6.45, 7) is 4.75. The maximum absolute atomic E-state index is 5.51. The first-order valence-electron chi connectivity index (χ1n) is 4.06. The molecule has 0 fully saturated rings. The highest BCUT2D eigenvalue weighted by atomic mass is 15.2. The Morgan fingerprint density at radius 2 is 2.25 bits per heavy atom. The minimum absolute atomic E-state index is 0.471. The normalized spacial score (nSPS) is 13.2. The Hall–Kier alpha value is -0.870. The van der Waals surface area contributed by atoms with Gasteiger partial charge in [-0.2, -0.15) is 0 Å². The van der Waals surface area contributed by atoms with Gasteiger partial charge >= 0.3 is 0 Å². The third-order valence-corrected chi connectivity index (χ3v) is 1.23. The van der Waals surface area contributed by atoms with Gasteiger partial charge in [-0.25, -0.2) is 0 Å². The van der Waals surface area contributed by atoms with E-state index in [1.54, 1.807) is 6.20 Å². The topological polar surface area (TPSA) is 76.4 Å². The lowest BCUT2D eigenvalue weighted by molar-refractivity contribution is 0.690. The summed E-state index contributed by atoms with van der Waals surface area (Å²) in [5, 5.41) is 0. The van der Waals surface area contributed by atoms with Crippen LogP contribution < -0.4 is 17.0 Å². The van der Waals surface area contributed by atoms with Crippen LogP contribution in [0.25, 0.3) is 0 Å². The molecule has 12 heavy (non-hydrogen) atoms. The van der Waals surface area contributed by atoms with Crippen molar-refractivity contribution in [1.82, 2.24) is 5.43 Å². The Labute approximate surface area is 73.7 Å². The molecule has 0 bridgehead atoms. The van der Waals surface area contributed by atoms with Crippen molar-refractivity contribution >= 4 is 6.21 Å². The molecule has 0 atom stereocenters. The molecule has 70 valence electrons. The lowest BCUT2D eigenvalue weighted by atomic mass is 10.2. The van der Waals surface area contributed by atoms with Crippen molar-refractivity contribution in [2.75, 3.05) is 6.54 Å². The van der Waals surface area contributed by atoms with Gasteiger partial charge in [0, 0.05) is 18.1 Å². The Kier molecular flexibility index (Phi) is 6.32. The van der Waals surface area contributed by atoms with Gasteiger partial charge in [-0.15, -0.1) is 0 Å². The zero-order valence-electron chi connectivity index (χ0n) is 7.75. The molecule has 4 nitrogen and oxygen atoms in total. The van der Waals surface area contributed by atoms with Gasteiger partial charge in [0.05, 0.1) is 6.54 Å². The highest BCUT2D eigenvalue weighted by molar-refractivity contribution is 5.58. The van der Waals surface area contributed by atoms with E-state index in [9.17, 15) is 0 Å². The second-order valence-electron chi connectivity index (χ2n) is 3.05. The Balaban J connectivity index is 3.63. The smallest absolute Gasteiger partial charge is 0.0510 e. The maximum Gasteiger partial charge on any atom is 0.0510 e. The standard InChI is InChI=1S/C8H18N4/c1-7(2)3-4-11-5-8(9)6-12-10/h4-5,7,12H,3,6,9-10H2,1-2H3/b8-5-,11-4-. The van der Waals surface area contributed by atoms with Crippen LogP contribution >= 0.6 is 0 Å². The summed E-state index contributed by atoms with van der Waals surface area (Å²) in [6.07, 6.45) is 4.44. The first-order valence-corrected chi connectivity index (χ1v) is 4.06. The maximum atomic E-state index is 5.51. The summed E-state index contributed by atoms with van der Waals surface area (Å²) in [5.74, 6) is 5.69. The summed E-state index contributed by atoms with van der Waals surface area (Å²) < 4.78 is 0. The van der Waals surface area contributed by atoms with E-state index >= 15 is 0 Å². The van der Waals surface area contributed by atoms with Crippen molar-refractivity contribution in [3.63, 3.8) is 0 Å². The molecule has 0 aliphatic carbocycles. The number of nitrogens with two attached hydrogens (primary N) is 2. The molecular weight excluding hydrogens is 152 g/mol. The molecule has 0 aromatic carbocycles. The van der Waals surface area contributed by atoms with Crippen molar-refractivity contribution < 1.29 is 0 Å². The van der Waals surface area contributed by atoms with Crippen LogP contribution in [0.2, 0.25) is 0 Å². The van der Waals surface area contributed by atoms with Gasteiger partial charge in [0.25, 0.3) is 0 Å². The molecule has 0 saturated carbocycles. The summed E-state index contributed by atoms with van der Waals surface area (Å²) >= 11 is 0. The van der Waals surface area contributed by atoms with Crippen LogP contribution in [0.5, 0.6) is 0 Å². The van der Waals surface area contributed by atoms with Gasteiger partial charge in [-0.1, -0.05) is 13.8 Å². The van der Waals surface area contributed by atoms with Crippen LogP contribution in [0.15, 0.2) is 16.9 Å². The number of nitrogens with one attached hydrogen (secondary N) is 1. The molecular formula is C8H18N4. The molecule has 0 heterocycles. The van der Waals surface area contributed by atoms with E-state index in [4.69, 9.17) is 11.6 Å². The third kappa shape index (κ3) is 7.24. The van der Waals surface area contributed by atoms with Crippen LogP contribution in [0.3, 0.4) is 0 Å². The van der Waals surface area contributed by atoms with Gasteiger partial charge in [0.2, 0.25) is 0 Å². The summed E-state index contributed by atoms with van der Waals surface area (Å²) in [6, 6.07) is 0. The molecule has 0 spiro atoms. The lowest BCUT2D eigenvalue weighted by Gasteiger charge is -1.97. The van der Waals surface area contributed by atoms with E-state index in [-0.39, 0.29) is 0 Å². The van der Waals surface area contributed by atoms with E-state index in [0.717, 1.165) is 6.42 Å². The molecule has 0 saturated heterocycles. The Morgan fingerprint density at radius 3 is 2.75 bits per heavy atom.